The van der Waals surface area contributed by atoms with Crippen molar-refractivity contribution in [2.75, 3.05) is 0 Å². The molecule has 3 heteroatoms. The maximum atomic E-state index is 12.3. The van der Waals surface area contributed by atoms with Crippen molar-refractivity contribution in [2.24, 2.45) is 7.05 Å². The van der Waals surface area contributed by atoms with E-state index in [1.165, 1.54) is 27.8 Å². The molecule has 2 aliphatic carbocycles. The van der Waals surface area contributed by atoms with Crippen LogP contribution in [0, 0.1) is 0 Å². The molecule has 1 aromatic heterocycles. The predicted molar refractivity (Wildman–Crippen MR) is 103 cm³/mol. The van der Waals surface area contributed by atoms with Gasteiger partial charge in [-0.3, -0.25) is 4.79 Å². The van der Waals surface area contributed by atoms with Crippen LogP contribution in [0.1, 0.15) is 52.7 Å². The normalized spacial score (nSPS) is 18.2. The molecule has 0 fully saturated rings. The maximum absolute atomic E-state index is 12.3. The van der Waals surface area contributed by atoms with E-state index in [1.54, 1.807) is 0 Å². The van der Waals surface area contributed by atoms with Gasteiger partial charge >= 0.3 is 0 Å². The Morgan fingerprint density at radius 1 is 1.08 bits per heavy atom. The van der Waals surface area contributed by atoms with Crippen LogP contribution in [0.3, 0.4) is 0 Å². The van der Waals surface area contributed by atoms with E-state index < -0.39 is 0 Å². The molecule has 0 radical (unpaired) electrons. The molecule has 0 saturated carbocycles. The van der Waals surface area contributed by atoms with Crippen molar-refractivity contribution < 1.29 is 4.79 Å². The Bertz CT molecular complexity index is 1040. The maximum Gasteiger partial charge on any atom is 0.163 e. The van der Waals surface area contributed by atoms with Crippen molar-refractivity contribution in [3.63, 3.8) is 0 Å². The summed E-state index contributed by atoms with van der Waals surface area (Å²) in [5.74, 6) is 1.79. The van der Waals surface area contributed by atoms with Crippen LogP contribution in [-0.2, 0) is 19.9 Å². The number of benzene rings is 2. The van der Waals surface area contributed by atoms with Gasteiger partial charge in [0.2, 0.25) is 0 Å². The van der Waals surface area contributed by atoms with Crippen molar-refractivity contribution in [3.05, 3.63) is 65.0 Å². The van der Waals surface area contributed by atoms with Gasteiger partial charge in [-0.25, -0.2) is 4.98 Å². The summed E-state index contributed by atoms with van der Waals surface area (Å²) in [6.45, 7) is 2.32. The summed E-state index contributed by atoms with van der Waals surface area (Å²) in [4.78, 5) is 16.8. The Morgan fingerprint density at radius 3 is 2.77 bits per heavy atom. The van der Waals surface area contributed by atoms with Crippen LogP contribution in [0.5, 0.6) is 0 Å². The number of hydrogen-bond acceptors (Lipinski definition) is 2. The number of aromatic nitrogens is 2. The topological polar surface area (TPSA) is 34.9 Å². The summed E-state index contributed by atoms with van der Waals surface area (Å²) in [6.07, 6.45) is 7.56. The van der Waals surface area contributed by atoms with Gasteiger partial charge in [-0.05, 0) is 59.1 Å². The van der Waals surface area contributed by atoms with Crippen LogP contribution in [0.4, 0.5) is 0 Å². The molecule has 0 bridgehead atoms. The first-order chi connectivity index (χ1) is 12.6. The number of imidazole rings is 1. The van der Waals surface area contributed by atoms with Gasteiger partial charge in [0.25, 0.3) is 0 Å². The molecule has 0 spiro atoms. The van der Waals surface area contributed by atoms with E-state index in [-0.39, 0.29) is 0 Å². The van der Waals surface area contributed by atoms with E-state index >= 15 is 0 Å². The zero-order valence-corrected chi connectivity index (χ0v) is 15.2. The highest BCUT2D eigenvalue weighted by Gasteiger charge is 2.28. The number of fused-ring (bicyclic) bond motifs is 5. The summed E-state index contributed by atoms with van der Waals surface area (Å²) < 4.78 is 2.06. The molecule has 1 heterocycles. The smallest absolute Gasteiger partial charge is 0.163 e. The summed E-state index contributed by atoms with van der Waals surface area (Å²) in [7, 11) is 2.03. The number of Topliss-reactive ketones (excluding diaryl/α,β-unsaturated/α-hetero) is 1. The molecule has 1 unspecified atom stereocenters. The number of carbonyl (C=O) groups excluding carboxylic acids is 1. The minimum absolute atomic E-state index is 0.293. The van der Waals surface area contributed by atoms with E-state index in [0.29, 0.717) is 18.1 Å². The van der Waals surface area contributed by atoms with Gasteiger partial charge in [-0.15, -0.1) is 0 Å². The van der Waals surface area contributed by atoms with E-state index in [9.17, 15) is 4.79 Å². The molecule has 0 aliphatic heterocycles. The van der Waals surface area contributed by atoms with Crippen LogP contribution in [0.25, 0.3) is 22.5 Å². The second kappa shape index (κ2) is 5.66. The zero-order chi connectivity index (χ0) is 17.8. The molecule has 5 rings (SSSR count). The highest BCUT2D eigenvalue weighted by atomic mass is 16.1. The van der Waals surface area contributed by atoms with Crippen molar-refractivity contribution >= 4 is 5.78 Å². The highest BCUT2D eigenvalue weighted by Crippen LogP contribution is 2.44. The molecule has 1 atom stereocenters. The molecule has 0 amide bonds. The summed E-state index contributed by atoms with van der Waals surface area (Å²) in [6, 6.07) is 11.0. The fraction of sp³-hybridized carbons (Fsp3) is 0.304. The lowest BCUT2D eigenvalue weighted by Crippen LogP contribution is -1.99. The summed E-state index contributed by atoms with van der Waals surface area (Å²) in [5, 5.41) is 0. The third kappa shape index (κ3) is 2.20. The quantitative estimate of drug-likeness (QED) is 0.628. The Hall–Kier alpha value is -2.68. The highest BCUT2D eigenvalue weighted by molar-refractivity contribution is 6.03. The molecule has 2 aliphatic rings. The first-order valence-electron chi connectivity index (χ1n) is 9.43. The van der Waals surface area contributed by atoms with Gasteiger partial charge in [-0.1, -0.05) is 31.2 Å². The first-order valence-corrected chi connectivity index (χ1v) is 9.43. The number of rotatable bonds is 1. The minimum Gasteiger partial charge on any atom is -0.334 e. The lowest BCUT2D eigenvalue weighted by Gasteiger charge is -2.17. The summed E-state index contributed by atoms with van der Waals surface area (Å²) in [5.41, 5.74) is 8.75. The van der Waals surface area contributed by atoms with Gasteiger partial charge in [0.1, 0.15) is 5.82 Å². The monoisotopic (exact) mass is 342 g/mol. The van der Waals surface area contributed by atoms with Crippen molar-refractivity contribution in [1.29, 1.82) is 0 Å². The molecule has 26 heavy (non-hydrogen) atoms. The van der Waals surface area contributed by atoms with Gasteiger partial charge in [0.05, 0.1) is 0 Å². The number of nitrogens with zero attached hydrogens (tertiary/aromatic N) is 2. The lowest BCUT2D eigenvalue weighted by atomic mass is 9.87. The van der Waals surface area contributed by atoms with Crippen LogP contribution < -0.4 is 0 Å². The Morgan fingerprint density at radius 2 is 1.96 bits per heavy atom. The molecular formula is C23H22N2O. The van der Waals surface area contributed by atoms with Gasteiger partial charge in [0, 0.05) is 37.0 Å². The lowest BCUT2D eigenvalue weighted by molar-refractivity contribution is 0.0994. The van der Waals surface area contributed by atoms with Crippen LogP contribution in [-0.4, -0.2) is 15.3 Å². The molecule has 0 saturated heterocycles. The van der Waals surface area contributed by atoms with Crippen LogP contribution in [0.15, 0.2) is 42.7 Å². The van der Waals surface area contributed by atoms with Crippen molar-refractivity contribution in [3.8, 4) is 22.5 Å². The second-order valence-electron chi connectivity index (χ2n) is 7.65. The largest absolute Gasteiger partial charge is 0.334 e. The number of aryl methyl sites for hydroxylation is 2. The van der Waals surface area contributed by atoms with Crippen LogP contribution in [0.2, 0.25) is 0 Å². The van der Waals surface area contributed by atoms with Crippen LogP contribution >= 0.6 is 0 Å². The standard InChI is InChI=1S/C23H22N2O/c1-14-3-4-15-5-8-18-19(9-10-21(18)26)22(15)20-13-16(6-7-17(14)20)23-24-11-12-25(23)2/h5-8,11-14H,3-4,9-10H2,1-2H3. The van der Waals surface area contributed by atoms with Crippen molar-refractivity contribution in [2.45, 2.75) is 38.5 Å². The Kier molecular flexibility index (Phi) is 3.39. The SMILES string of the molecule is CC1CCc2ccc3c(c2-c2cc(-c4nccn4C)ccc21)CCC3=O. The number of ketones is 1. The average Bonchev–Trinajstić information content (AvgIpc) is 3.21. The third-order valence-electron chi connectivity index (χ3n) is 6.08. The molecule has 3 nitrogen and oxygen atoms in total. The number of hydrogen-bond donors (Lipinski definition) is 0. The van der Waals surface area contributed by atoms with Gasteiger partial charge in [-0.2, -0.15) is 0 Å². The molecule has 130 valence electrons. The van der Waals surface area contributed by atoms with E-state index in [0.717, 1.165) is 36.2 Å². The predicted octanol–water partition coefficient (Wildman–Crippen LogP) is 4.93. The van der Waals surface area contributed by atoms with E-state index in [4.69, 9.17) is 0 Å². The third-order valence-corrected chi connectivity index (χ3v) is 6.08. The molecule has 3 aromatic rings. The Labute approximate surface area is 153 Å². The van der Waals surface area contributed by atoms with E-state index in [2.05, 4.69) is 46.8 Å². The minimum atomic E-state index is 0.293. The number of carbonyl (C=O) groups is 1. The molecular weight excluding hydrogens is 320 g/mol. The molecule has 2 aromatic carbocycles. The van der Waals surface area contributed by atoms with Crippen molar-refractivity contribution in [1.82, 2.24) is 9.55 Å². The fourth-order valence-corrected chi connectivity index (χ4v) is 4.65. The zero-order valence-electron chi connectivity index (χ0n) is 15.2. The average molecular weight is 342 g/mol. The van der Waals surface area contributed by atoms with Gasteiger partial charge in [0.15, 0.2) is 5.78 Å². The molecule has 0 N–H and O–H groups in total. The second-order valence-corrected chi connectivity index (χ2v) is 7.65. The van der Waals surface area contributed by atoms with Gasteiger partial charge < -0.3 is 4.57 Å². The first kappa shape index (κ1) is 15.6. The fourth-order valence-electron chi connectivity index (χ4n) is 4.65. The van der Waals surface area contributed by atoms with E-state index in [1.807, 2.05) is 19.4 Å². The summed E-state index contributed by atoms with van der Waals surface area (Å²) >= 11 is 0. The Balaban J connectivity index is 1.80.